The summed E-state index contributed by atoms with van der Waals surface area (Å²) in [5.41, 5.74) is 7.52. The summed E-state index contributed by atoms with van der Waals surface area (Å²) < 4.78 is 13.3. The topological polar surface area (TPSA) is 75.4 Å². The Labute approximate surface area is 147 Å². The molecule has 3 rings (SSSR count). The summed E-state index contributed by atoms with van der Waals surface area (Å²) in [6, 6.07) is 4.82. The second-order valence-electron chi connectivity index (χ2n) is 7.08. The number of primary amides is 1. The minimum atomic E-state index is -0.722. The molecule has 2 aliphatic rings. The zero-order valence-electron chi connectivity index (χ0n) is 14.5. The number of carbonyl (C=O) groups excluding carboxylic acids is 2. The number of benzene rings is 1. The van der Waals surface area contributed by atoms with E-state index in [1.807, 2.05) is 0 Å². The van der Waals surface area contributed by atoms with Crippen LogP contribution in [0.5, 0.6) is 0 Å². The maximum absolute atomic E-state index is 13.3. The summed E-state index contributed by atoms with van der Waals surface area (Å²) in [4.78, 5) is 26.4. The molecule has 136 valence electrons. The lowest BCUT2D eigenvalue weighted by Gasteiger charge is -2.27. The van der Waals surface area contributed by atoms with E-state index in [4.69, 9.17) is 5.73 Å². The van der Waals surface area contributed by atoms with Crippen LogP contribution in [-0.2, 0) is 16.0 Å². The summed E-state index contributed by atoms with van der Waals surface area (Å²) in [6.45, 7) is 1.91. The van der Waals surface area contributed by atoms with Crippen LogP contribution in [0.25, 0.3) is 0 Å². The number of fused-ring (bicyclic) bond motifs is 1. The van der Waals surface area contributed by atoms with Gasteiger partial charge in [0.05, 0.1) is 0 Å². The second-order valence-corrected chi connectivity index (χ2v) is 7.08. The first-order valence-electron chi connectivity index (χ1n) is 9.16. The zero-order valence-corrected chi connectivity index (χ0v) is 14.5. The van der Waals surface area contributed by atoms with Crippen molar-refractivity contribution >= 4 is 17.5 Å². The molecule has 3 N–H and O–H groups in total. The van der Waals surface area contributed by atoms with Crippen molar-refractivity contribution in [2.24, 2.45) is 17.6 Å². The van der Waals surface area contributed by atoms with E-state index in [-0.39, 0.29) is 17.6 Å². The van der Waals surface area contributed by atoms with Crippen LogP contribution >= 0.6 is 0 Å². The number of carbonyl (C=O) groups is 2. The van der Waals surface area contributed by atoms with Gasteiger partial charge >= 0.3 is 0 Å². The summed E-state index contributed by atoms with van der Waals surface area (Å²) in [7, 11) is 0. The molecule has 1 aromatic rings. The number of nitrogens with two attached hydrogens (primary N) is 1. The Hall–Kier alpha value is -2.11. The molecule has 1 heterocycles. The van der Waals surface area contributed by atoms with Crippen molar-refractivity contribution in [3.05, 3.63) is 29.6 Å². The van der Waals surface area contributed by atoms with Gasteiger partial charge in [0.15, 0.2) is 0 Å². The standard InChI is InChI=1S/C19H26FN3O2/c20-15-6-7-16-14(12-15)8-10-23(16)11-9-22-19(25)17(18(21)24)13-4-2-1-3-5-13/h6-7,12-13,17H,1-5,8-11H2,(H2,21,24)(H,22,25)/t17-/m0/s1. The number of halogens is 1. The van der Waals surface area contributed by atoms with Crippen LogP contribution in [0.15, 0.2) is 18.2 Å². The van der Waals surface area contributed by atoms with Crippen LogP contribution < -0.4 is 16.0 Å². The van der Waals surface area contributed by atoms with Gasteiger partial charge in [-0.25, -0.2) is 4.39 Å². The van der Waals surface area contributed by atoms with Crippen molar-refractivity contribution in [1.29, 1.82) is 0 Å². The molecule has 6 heteroatoms. The number of hydrogen-bond acceptors (Lipinski definition) is 3. The summed E-state index contributed by atoms with van der Waals surface area (Å²) in [5.74, 6) is -1.64. The number of amides is 2. The van der Waals surface area contributed by atoms with Crippen molar-refractivity contribution in [2.75, 3.05) is 24.5 Å². The Morgan fingerprint density at radius 1 is 1.28 bits per heavy atom. The molecule has 1 aromatic carbocycles. The third kappa shape index (κ3) is 4.11. The van der Waals surface area contributed by atoms with Crippen molar-refractivity contribution in [3.63, 3.8) is 0 Å². The van der Waals surface area contributed by atoms with Crippen LogP contribution in [0, 0.1) is 17.7 Å². The molecule has 1 fully saturated rings. The van der Waals surface area contributed by atoms with Crippen LogP contribution in [0.3, 0.4) is 0 Å². The fourth-order valence-corrected chi connectivity index (χ4v) is 4.14. The lowest BCUT2D eigenvalue weighted by Crippen LogP contribution is -2.45. The Morgan fingerprint density at radius 3 is 2.76 bits per heavy atom. The lowest BCUT2D eigenvalue weighted by atomic mass is 9.79. The number of rotatable bonds is 6. The number of nitrogens with one attached hydrogen (secondary N) is 1. The zero-order chi connectivity index (χ0) is 17.8. The van der Waals surface area contributed by atoms with Gasteiger partial charge in [0, 0.05) is 25.3 Å². The molecule has 0 radical (unpaired) electrons. The third-order valence-electron chi connectivity index (χ3n) is 5.42. The van der Waals surface area contributed by atoms with E-state index >= 15 is 0 Å². The van der Waals surface area contributed by atoms with Gasteiger partial charge in [0.1, 0.15) is 11.7 Å². The number of anilines is 1. The van der Waals surface area contributed by atoms with Crippen molar-refractivity contribution in [1.82, 2.24) is 5.32 Å². The first kappa shape index (κ1) is 17.7. The molecule has 1 aliphatic heterocycles. The first-order valence-corrected chi connectivity index (χ1v) is 9.16. The van der Waals surface area contributed by atoms with E-state index in [0.717, 1.165) is 49.9 Å². The highest BCUT2D eigenvalue weighted by Crippen LogP contribution is 2.30. The van der Waals surface area contributed by atoms with Crippen molar-refractivity contribution in [2.45, 2.75) is 38.5 Å². The largest absolute Gasteiger partial charge is 0.369 e. The monoisotopic (exact) mass is 347 g/mol. The van der Waals surface area contributed by atoms with Gasteiger partial charge in [-0.05, 0) is 48.9 Å². The quantitative estimate of drug-likeness (QED) is 0.773. The minimum absolute atomic E-state index is 0.0711. The Kier molecular flexibility index (Phi) is 5.56. The van der Waals surface area contributed by atoms with Gasteiger partial charge in [-0.15, -0.1) is 0 Å². The van der Waals surface area contributed by atoms with Crippen LogP contribution in [0.4, 0.5) is 10.1 Å². The van der Waals surface area contributed by atoms with Gasteiger partial charge in [0.25, 0.3) is 0 Å². The summed E-state index contributed by atoms with van der Waals surface area (Å²) >= 11 is 0. The molecule has 5 nitrogen and oxygen atoms in total. The molecule has 25 heavy (non-hydrogen) atoms. The highest BCUT2D eigenvalue weighted by atomic mass is 19.1. The maximum Gasteiger partial charge on any atom is 0.232 e. The van der Waals surface area contributed by atoms with E-state index in [0.29, 0.717) is 13.1 Å². The van der Waals surface area contributed by atoms with Gasteiger partial charge in [-0.2, -0.15) is 0 Å². The fraction of sp³-hybridized carbons (Fsp3) is 0.579. The molecule has 0 unspecified atom stereocenters. The molecule has 1 aliphatic carbocycles. The Balaban J connectivity index is 1.53. The van der Waals surface area contributed by atoms with Crippen LogP contribution in [0.2, 0.25) is 0 Å². The molecule has 0 saturated heterocycles. The van der Waals surface area contributed by atoms with Crippen LogP contribution in [0.1, 0.15) is 37.7 Å². The molecule has 0 bridgehead atoms. The van der Waals surface area contributed by atoms with Crippen LogP contribution in [-0.4, -0.2) is 31.4 Å². The minimum Gasteiger partial charge on any atom is -0.369 e. The average molecular weight is 347 g/mol. The lowest BCUT2D eigenvalue weighted by molar-refractivity contribution is -0.136. The molecule has 2 amide bonds. The number of hydrogen-bond donors (Lipinski definition) is 2. The summed E-state index contributed by atoms with van der Waals surface area (Å²) in [6.07, 6.45) is 5.88. The SMILES string of the molecule is NC(=O)[C@@H](C(=O)NCCN1CCc2cc(F)ccc21)C1CCCCC1. The Morgan fingerprint density at radius 2 is 2.04 bits per heavy atom. The molecule has 0 aromatic heterocycles. The molecular weight excluding hydrogens is 321 g/mol. The first-order chi connectivity index (χ1) is 12.1. The van der Waals surface area contributed by atoms with E-state index < -0.39 is 11.8 Å². The van der Waals surface area contributed by atoms with Crippen molar-refractivity contribution in [3.8, 4) is 0 Å². The van der Waals surface area contributed by atoms with E-state index in [2.05, 4.69) is 10.2 Å². The van der Waals surface area contributed by atoms with E-state index in [1.54, 1.807) is 12.1 Å². The van der Waals surface area contributed by atoms with Crippen molar-refractivity contribution < 1.29 is 14.0 Å². The predicted octanol–water partition coefficient (Wildman–Crippen LogP) is 1.99. The maximum atomic E-state index is 13.3. The number of nitrogens with zero attached hydrogens (tertiary/aromatic N) is 1. The smallest absolute Gasteiger partial charge is 0.232 e. The molecule has 0 spiro atoms. The van der Waals surface area contributed by atoms with Gasteiger partial charge < -0.3 is 16.0 Å². The highest BCUT2D eigenvalue weighted by Gasteiger charge is 2.33. The van der Waals surface area contributed by atoms with E-state index in [1.165, 1.54) is 12.5 Å². The normalized spacial score (nSPS) is 18.7. The molecule has 1 saturated carbocycles. The van der Waals surface area contributed by atoms with Gasteiger partial charge in [0.2, 0.25) is 11.8 Å². The third-order valence-corrected chi connectivity index (χ3v) is 5.42. The summed E-state index contributed by atoms with van der Waals surface area (Å²) in [5, 5.41) is 2.87. The average Bonchev–Trinajstić information content (AvgIpc) is 2.98. The van der Waals surface area contributed by atoms with E-state index in [9.17, 15) is 14.0 Å². The predicted molar refractivity (Wildman–Crippen MR) is 94.6 cm³/mol. The highest BCUT2D eigenvalue weighted by molar-refractivity contribution is 5.99. The fourth-order valence-electron chi connectivity index (χ4n) is 4.14. The van der Waals surface area contributed by atoms with Gasteiger partial charge in [-0.1, -0.05) is 19.3 Å². The Bertz CT molecular complexity index is 644. The molecule has 1 atom stereocenters. The second kappa shape index (κ2) is 7.85. The van der Waals surface area contributed by atoms with Gasteiger partial charge in [-0.3, -0.25) is 9.59 Å². The molecular formula is C19H26FN3O2.